The van der Waals surface area contributed by atoms with Crippen LogP contribution in [0.5, 0.6) is 0 Å². The number of hydrogen-bond donors (Lipinski definition) is 0. The minimum absolute atomic E-state index is 0.436. The Labute approximate surface area is 62.0 Å². The topological polar surface area (TPSA) is 9.23 Å². The molecule has 0 aliphatic heterocycles. The number of thiocarbonyl (C=S) groups is 1. The van der Waals surface area contributed by atoms with Crippen LogP contribution >= 0.6 is 12.2 Å². The Morgan fingerprint density at radius 2 is 2.25 bits per heavy atom. The number of rotatable bonds is 3. The van der Waals surface area contributed by atoms with Crippen LogP contribution in [0, 0.1) is 0 Å². The molecule has 0 rings (SSSR count). The average molecular weight is 197 g/mol. The molecule has 0 fully saturated rings. The zero-order valence-electron chi connectivity index (χ0n) is 5.14. The van der Waals surface area contributed by atoms with Gasteiger partial charge < -0.3 is 0 Å². The molecule has 0 amide bonds. The first-order valence-corrected chi connectivity index (χ1v) is 5.08. The van der Waals surface area contributed by atoms with Crippen LogP contribution in [0.4, 0.5) is 0 Å². The van der Waals surface area contributed by atoms with Crippen molar-refractivity contribution in [1.29, 1.82) is 0 Å². The quantitative estimate of drug-likeness (QED) is 0.500. The zero-order valence-corrected chi connectivity index (χ0v) is 7.67. The molecule has 0 aromatic carbocycles. The van der Waals surface area contributed by atoms with E-state index in [2.05, 4.69) is 6.92 Å². The molecular formula is C5H10OSSe. The van der Waals surface area contributed by atoms with Gasteiger partial charge in [-0.2, -0.15) is 0 Å². The second-order valence-corrected chi connectivity index (χ2v) is 4.67. The molecule has 0 aromatic heterocycles. The van der Waals surface area contributed by atoms with E-state index in [4.69, 9.17) is 17.0 Å². The molecule has 3 heteroatoms. The van der Waals surface area contributed by atoms with Crippen molar-refractivity contribution in [2.75, 3.05) is 6.61 Å². The van der Waals surface area contributed by atoms with Crippen LogP contribution in [-0.2, 0) is 4.74 Å². The molecule has 0 unspecified atom stereocenters. The van der Waals surface area contributed by atoms with E-state index >= 15 is 0 Å². The van der Waals surface area contributed by atoms with E-state index in [1.165, 1.54) is 0 Å². The maximum absolute atomic E-state index is 5.04. The summed E-state index contributed by atoms with van der Waals surface area (Å²) in [7, 11) is 0. The van der Waals surface area contributed by atoms with Crippen molar-refractivity contribution >= 4 is 31.1 Å². The van der Waals surface area contributed by atoms with Gasteiger partial charge in [0.15, 0.2) is 0 Å². The predicted octanol–water partition coefficient (Wildman–Crippen LogP) is 1.45. The van der Waals surface area contributed by atoms with Gasteiger partial charge in [0.1, 0.15) is 0 Å². The third-order valence-electron chi connectivity index (χ3n) is 0.524. The van der Waals surface area contributed by atoms with Crippen LogP contribution in [0.15, 0.2) is 0 Å². The molecule has 1 nitrogen and oxygen atoms in total. The van der Waals surface area contributed by atoms with Crippen molar-refractivity contribution in [3.05, 3.63) is 0 Å². The van der Waals surface area contributed by atoms with E-state index in [1.807, 2.05) is 6.92 Å². The van der Waals surface area contributed by atoms with Crippen LogP contribution < -0.4 is 0 Å². The van der Waals surface area contributed by atoms with E-state index in [9.17, 15) is 0 Å². The Bertz CT molecular complexity index is 66.8. The van der Waals surface area contributed by atoms with Crippen LogP contribution in [0.1, 0.15) is 13.8 Å². The van der Waals surface area contributed by atoms with Crippen molar-refractivity contribution in [3.8, 4) is 0 Å². The third-order valence-corrected chi connectivity index (χ3v) is 2.60. The fourth-order valence-electron chi connectivity index (χ4n) is 0.277. The average Bonchev–Trinajstić information content (AvgIpc) is 1.68. The normalized spacial score (nSPS) is 8.75. The maximum atomic E-state index is 5.04. The van der Waals surface area contributed by atoms with Crippen LogP contribution in [-0.4, -0.2) is 25.5 Å². The molecule has 0 N–H and O–H groups in total. The molecular weight excluding hydrogens is 187 g/mol. The predicted molar refractivity (Wildman–Crippen MR) is 40.5 cm³/mol. The van der Waals surface area contributed by atoms with Gasteiger partial charge in [-0.3, -0.25) is 0 Å². The summed E-state index contributed by atoms with van der Waals surface area (Å²) >= 11 is 5.29. The Hall–Kier alpha value is 0.409. The first kappa shape index (κ1) is 8.41. The van der Waals surface area contributed by atoms with Gasteiger partial charge in [-0.15, -0.1) is 0 Å². The van der Waals surface area contributed by atoms with Crippen molar-refractivity contribution < 1.29 is 4.74 Å². The summed E-state index contributed by atoms with van der Waals surface area (Å²) in [5.74, 6) is 0. The molecule has 0 aromatic rings. The number of ether oxygens (including phenoxy) is 1. The minimum atomic E-state index is 0.436. The van der Waals surface area contributed by atoms with Gasteiger partial charge in [-0.25, -0.2) is 0 Å². The summed E-state index contributed by atoms with van der Waals surface area (Å²) in [6, 6.07) is 0. The molecule has 0 heterocycles. The fourth-order valence-corrected chi connectivity index (χ4v) is 1.92. The van der Waals surface area contributed by atoms with Crippen LogP contribution in [0.25, 0.3) is 0 Å². The number of hydrogen-bond acceptors (Lipinski definition) is 2. The molecule has 0 atom stereocenters. The molecule has 0 aliphatic rings. The molecule has 0 aliphatic carbocycles. The molecule has 0 saturated carbocycles. The summed E-state index contributed by atoms with van der Waals surface area (Å²) in [5, 5.41) is 1.14. The van der Waals surface area contributed by atoms with E-state index in [0.717, 1.165) is 15.9 Å². The first-order chi connectivity index (χ1) is 3.81. The van der Waals surface area contributed by atoms with Gasteiger partial charge in [0.25, 0.3) is 0 Å². The van der Waals surface area contributed by atoms with Crippen molar-refractivity contribution in [2.24, 2.45) is 0 Å². The summed E-state index contributed by atoms with van der Waals surface area (Å²) in [4.78, 5) is 0. The third kappa shape index (κ3) is 4.57. The van der Waals surface area contributed by atoms with Gasteiger partial charge >= 0.3 is 61.6 Å². The van der Waals surface area contributed by atoms with E-state index in [1.54, 1.807) is 0 Å². The Balaban J connectivity index is 3.06. The van der Waals surface area contributed by atoms with Gasteiger partial charge in [0.2, 0.25) is 0 Å². The standard InChI is InChI=1S/C5H10OSSe/c1-3-6-5(7)8-4-2/h3-4H2,1-2H3. The summed E-state index contributed by atoms with van der Waals surface area (Å²) in [6.07, 6.45) is 0. The second kappa shape index (κ2) is 5.54. The molecule has 0 radical (unpaired) electrons. The van der Waals surface area contributed by atoms with E-state index in [-0.39, 0.29) is 0 Å². The molecule has 0 spiro atoms. The second-order valence-electron chi connectivity index (χ2n) is 1.12. The van der Waals surface area contributed by atoms with E-state index < -0.39 is 0 Å². The Kier molecular flexibility index (Phi) is 5.83. The van der Waals surface area contributed by atoms with Gasteiger partial charge in [-0.05, 0) is 0 Å². The van der Waals surface area contributed by atoms with Gasteiger partial charge in [0, 0.05) is 0 Å². The van der Waals surface area contributed by atoms with Crippen LogP contribution in [0.2, 0.25) is 5.32 Å². The van der Waals surface area contributed by atoms with Crippen molar-refractivity contribution in [3.63, 3.8) is 0 Å². The molecule has 48 valence electrons. The van der Waals surface area contributed by atoms with Crippen LogP contribution in [0.3, 0.4) is 0 Å². The Morgan fingerprint density at radius 3 is 2.62 bits per heavy atom. The Morgan fingerprint density at radius 1 is 1.62 bits per heavy atom. The fraction of sp³-hybridized carbons (Fsp3) is 0.800. The van der Waals surface area contributed by atoms with Gasteiger partial charge in [0.05, 0.1) is 0 Å². The summed E-state index contributed by atoms with van der Waals surface area (Å²) < 4.78 is 5.85. The van der Waals surface area contributed by atoms with Crippen molar-refractivity contribution in [1.82, 2.24) is 0 Å². The molecule has 0 bridgehead atoms. The summed E-state index contributed by atoms with van der Waals surface area (Å²) in [6.45, 7) is 4.80. The van der Waals surface area contributed by atoms with Gasteiger partial charge in [-0.1, -0.05) is 0 Å². The van der Waals surface area contributed by atoms with Crippen molar-refractivity contribution in [2.45, 2.75) is 19.2 Å². The van der Waals surface area contributed by atoms with E-state index in [0.29, 0.717) is 15.0 Å². The first-order valence-electron chi connectivity index (χ1n) is 2.60. The zero-order chi connectivity index (χ0) is 6.41. The SMILES string of the molecule is CCOC(=S)[Se]CC. The monoisotopic (exact) mass is 198 g/mol. The summed E-state index contributed by atoms with van der Waals surface area (Å²) in [5.41, 5.74) is 0. The molecule has 8 heavy (non-hydrogen) atoms. The molecule has 0 saturated heterocycles.